The van der Waals surface area contributed by atoms with Crippen LogP contribution in [-0.2, 0) is 5.41 Å². The van der Waals surface area contributed by atoms with E-state index in [1.165, 1.54) is 30.6 Å². The molecule has 0 bridgehead atoms. The minimum Gasteiger partial charge on any atom is -0.492 e. The molecule has 0 fully saturated rings. The van der Waals surface area contributed by atoms with E-state index in [1.54, 1.807) is 14.1 Å². The molecule has 1 aromatic carbocycles. The molecule has 0 aliphatic heterocycles. The first kappa shape index (κ1) is 24.3. The Morgan fingerprint density at radius 1 is 1.00 bits per heavy atom. The fourth-order valence-electron chi connectivity index (χ4n) is 2.88. The van der Waals surface area contributed by atoms with Crippen molar-refractivity contribution in [3.05, 3.63) is 23.8 Å². The van der Waals surface area contributed by atoms with Gasteiger partial charge < -0.3 is 14.4 Å². The van der Waals surface area contributed by atoms with Gasteiger partial charge in [0.15, 0.2) is 0 Å². The maximum Gasteiger partial charge on any atom is 0.414 e. The Labute approximate surface area is 172 Å². The van der Waals surface area contributed by atoms with Gasteiger partial charge in [0.1, 0.15) is 18.1 Å². The summed E-state index contributed by atoms with van der Waals surface area (Å²) in [5.41, 5.74) is 1.06. The molecule has 160 valence electrons. The van der Waals surface area contributed by atoms with Crippen LogP contribution in [0.5, 0.6) is 11.5 Å². The van der Waals surface area contributed by atoms with Crippen LogP contribution in [0, 0.1) is 0 Å². The summed E-state index contributed by atoms with van der Waals surface area (Å²) in [6, 6.07) is 5.67. The molecular weight excluding hydrogens is 352 g/mol. The van der Waals surface area contributed by atoms with E-state index < -0.39 is 0 Å². The van der Waals surface area contributed by atoms with E-state index in [1.807, 2.05) is 18.2 Å². The molecule has 0 N–H and O–H groups in total. The summed E-state index contributed by atoms with van der Waals surface area (Å²) in [6.45, 7) is 14.7. The second-order valence-corrected chi connectivity index (χ2v) is 8.57. The van der Waals surface area contributed by atoms with Gasteiger partial charge in [0.2, 0.25) is 0 Å². The zero-order chi connectivity index (χ0) is 21.2. The second kappa shape index (κ2) is 11.9. The lowest BCUT2D eigenvalue weighted by Crippen LogP contribution is -2.30. The van der Waals surface area contributed by atoms with E-state index in [2.05, 4.69) is 39.5 Å². The average Bonchev–Trinajstić information content (AvgIpc) is 2.62. The van der Waals surface area contributed by atoms with E-state index in [9.17, 15) is 4.79 Å². The van der Waals surface area contributed by atoms with Crippen LogP contribution in [0.2, 0.25) is 0 Å². The Balaban J connectivity index is 2.85. The van der Waals surface area contributed by atoms with Crippen LogP contribution in [0.15, 0.2) is 18.2 Å². The first-order chi connectivity index (χ1) is 13.2. The molecule has 5 nitrogen and oxygen atoms in total. The molecule has 0 saturated heterocycles. The SMILES string of the molecule is CCCCN(CCCC)CCOc1cc(OC(=O)N(C)C)ccc1C(C)(C)C. The molecule has 0 unspecified atom stereocenters. The molecule has 0 radical (unpaired) electrons. The molecule has 0 saturated carbocycles. The number of hydrogen-bond donors (Lipinski definition) is 0. The molecule has 28 heavy (non-hydrogen) atoms. The number of benzene rings is 1. The normalized spacial score (nSPS) is 11.6. The summed E-state index contributed by atoms with van der Waals surface area (Å²) in [7, 11) is 3.34. The summed E-state index contributed by atoms with van der Waals surface area (Å²) in [5.74, 6) is 1.30. The van der Waals surface area contributed by atoms with Crippen molar-refractivity contribution in [2.24, 2.45) is 0 Å². The van der Waals surface area contributed by atoms with Gasteiger partial charge in [0.25, 0.3) is 0 Å². The average molecular weight is 393 g/mol. The van der Waals surface area contributed by atoms with Gasteiger partial charge >= 0.3 is 6.09 Å². The molecule has 0 atom stereocenters. The monoisotopic (exact) mass is 392 g/mol. The maximum atomic E-state index is 11.9. The van der Waals surface area contributed by atoms with Crippen molar-refractivity contribution >= 4 is 6.09 Å². The van der Waals surface area contributed by atoms with Gasteiger partial charge in [-0.15, -0.1) is 0 Å². The summed E-state index contributed by atoms with van der Waals surface area (Å²) < 4.78 is 11.6. The Kier molecular flexibility index (Phi) is 10.4. The van der Waals surface area contributed by atoms with E-state index in [-0.39, 0.29) is 11.5 Å². The van der Waals surface area contributed by atoms with Gasteiger partial charge in [0, 0.05) is 26.7 Å². The highest BCUT2D eigenvalue weighted by Crippen LogP contribution is 2.34. The molecule has 0 aliphatic rings. The lowest BCUT2D eigenvalue weighted by atomic mass is 9.86. The van der Waals surface area contributed by atoms with Crippen molar-refractivity contribution in [2.75, 3.05) is 40.3 Å². The quantitative estimate of drug-likeness (QED) is 0.511. The smallest absolute Gasteiger partial charge is 0.414 e. The van der Waals surface area contributed by atoms with Gasteiger partial charge in [0.05, 0.1) is 0 Å². The number of amides is 1. The Bertz CT molecular complexity index is 586. The van der Waals surface area contributed by atoms with E-state index in [0.717, 1.165) is 30.9 Å². The third-order valence-electron chi connectivity index (χ3n) is 4.65. The van der Waals surface area contributed by atoms with Crippen molar-refractivity contribution in [1.82, 2.24) is 9.80 Å². The zero-order valence-electron chi connectivity index (χ0n) is 19.0. The molecule has 1 amide bonds. The van der Waals surface area contributed by atoms with Gasteiger partial charge in [-0.1, -0.05) is 53.5 Å². The van der Waals surface area contributed by atoms with Gasteiger partial charge in [-0.3, -0.25) is 4.90 Å². The lowest BCUT2D eigenvalue weighted by molar-refractivity contribution is 0.171. The minimum absolute atomic E-state index is 0.0521. The number of ether oxygens (including phenoxy) is 2. The summed E-state index contributed by atoms with van der Waals surface area (Å²) in [5, 5.41) is 0. The maximum absolute atomic E-state index is 11.9. The van der Waals surface area contributed by atoms with Crippen molar-refractivity contribution in [3.63, 3.8) is 0 Å². The van der Waals surface area contributed by atoms with Gasteiger partial charge in [-0.05, 0) is 43.0 Å². The number of rotatable bonds is 11. The summed E-state index contributed by atoms with van der Waals surface area (Å²) >= 11 is 0. The molecule has 0 heterocycles. The van der Waals surface area contributed by atoms with Gasteiger partial charge in [-0.25, -0.2) is 4.79 Å². The molecule has 1 aromatic rings. The molecular formula is C23H40N2O3. The van der Waals surface area contributed by atoms with Crippen molar-refractivity contribution in [1.29, 1.82) is 0 Å². The van der Waals surface area contributed by atoms with E-state index in [0.29, 0.717) is 12.4 Å². The van der Waals surface area contributed by atoms with E-state index in [4.69, 9.17) is 9.47 Å². The number of nitrogens with zero attached hydrogens (tertiary/aromatic N) is 2. The number of carbonyl (C=O) groups excluding carboxylic acids is 1. The highest BCUT2D eigenvalue weighted by molar-refractivity contribution is 5.70. The van der Waals surface area contributed by atoms with Crippen LogP contribution in [0.25, 0.3) is 0 Å². The highest BCUT2D eigenvalue weighted by atomic mass is 16.6. The Morgan fingerprint density at radius 2 is 1.61 bits per heavy atom. The fraction of sp³-hybridized carbons (Fsp3) is 0.696. The molecule has 5 heteroatoms. The Hall–Kier alpha value is -1.75. The topological polar surface area (TPSA) is 42.0 Å². The van der Waals surface area contributed by atoms with Gasteiger partial charge in [-0.2, -0.15) is 0 Å². The number of carbonyl (C=O) groups is 1. The summed E-state index contributed by atoms with van der Waals surface area (Å²) in [6.07, 6.45) is 4.45. The number of unbranched alkanes of at least 4 members (excludes halogenated alkanes) is 2. The first-order valence-electron chi connectivity index (χ1n) is 10.6. The highest BCUT2D eigenvalue weighted by Gasteiger charge is 2.20. The third-order valence-corrected chi connectivity index (χ3v) is 4.65. The van der Waals surface area contributed by atoms with Crippen LogP contribution >= 0.6 is 0 Å². The predicted octanol–water partition coefficient (Wildman–Crippen LogP) is 5.33. The zero-order valence-corrected chi connectivity index (χ0v) is 19.0. The largest absolute Gasteiger partial charge is 0.492 e. The molecule has 0 aliphatic carbocycles. The van der Waals surface area contributed by atoms with Crippen molar-refractivity contribution in [3.8, 4) is 11.5 Å². The van der Waals surface area contributed by atoms with Crippen LogP contribution in [0.3, 0.4) is 0 Å². The molecule has 0 spiro atoms. The van der Waals surface area contributed by atoms with Crippen LogP contribution in [-0.4, -0.2) is 56.2 Å². The predicted molar refractivity (Wildman–Crippen MR) is 117 cm³/mol. The molecule has 0 aromatic heterocycles. The Morgan fingerprint density at radius 3 is 2.11 bits per heavy atom. The minimum atomic E-state index is -0.389. The number of hydrogen-bond acceptors (Lipinski definition) is 4. The van der Waals surface area contributed by atoms with Crippen molar-refractivity contribution in [2.45, 2.75) is 65.7 Å². The fourth-order valence-corrected chi connectivity index (χ4v) is 2.88. The third kappa shape index (κ3) is 8.51. The lowest BCUT2D eigenvalue weighted by Gasteiger charge is -2.25. The molecule has 1 rings (SSSR count). The van der Waals surface area contributed by atoms with Crippen LogP contribution in [0.4, 0.5) is 4.79 Å². The second-order valence-electron chi connectivity index (χ2n) is 8.57. The van der Waals surface area contributed by atoms with Crippen molar-refractivity contribution < 1.29 is 14.3 Å². The van der Waals surface area contributed by atoms with Crippen LogP contribution < -0.4 is 9.47 Å². The standard InChI is InChI=1S/C23H40N2O3/c1-8-10-14-25(15-11-9-2)16-17-27-21-18-19(28-22(26)24(6)7)12-13-20(21)23(3,4)5/h12-13,18H,8-11,14-17H2,1-7H3. The first-order valence-corrected chi connectivity index (χ1v) is 10.6. The van der Waals surface area contributed by atoms with Crippen LogP contribution in [0.1, 0.15) is 65.9 Å². The summed E-state index contributed by atoms with van der Waals surface area (Å²) in [4.78, 5) is 15.8. The van der Waals surface area contributed by atoms with E-state index >= 15 is 0 Å².